The summed E-state index contributed by atoms with van der Waals surface area (Å²) in [4.78, 5) is 12.7. The smallest absolute Gasteiger partial charge is 0.265 e. The van der Waals surface area contributed by atoms with Crippen molar-refractivity contribution >= 4 is 27.3 Å². The number of benzene rings is 3. The average Bonchev–Trinajstić information content (AvgIpc) is 2.80. The Kier molecular flexibility index (Phi) is 7.37. The molecule has 7 nitrogen and oxygen atoms in total. The van der Waals surface area contributed by atoms with Gasteiger partial charge in [0.05, 0.1) is 17.7 Å². The van der Waals surface area contributed by atoms with Gasteiger partial charge in [0.25, 0.3) is 15.9 Å². The van der Waals surface area contributed by atoms with E-state index in [4.69, 9.17) is 9.47 Å². The minimum Gasteiger partial charge on any atom is -0.493 e. The zero-order chi connectivity index (χ0) is 23.1. The molecule has 3 rings (SSSR count). The van der Waals surface area contributed by atoms with Crippen molar-refractivity contribution in [3.63, 3.8) is 0 Å². The molecule has 0 aliphatic rings. The molecule has 1 N–H and O–H groups in total. The van der Waals surface area contributed by atoms with Crippen LogP contribution in [0.15, 0.2) is 83.8 Å². The van der Waals surface area contributed by atoms with Crippen molar-refractivity contribution in [1.29, 1.82) is 0 Å². The monoisotopic (exact) mass is 454 g/mol. The highest BCUT2D eigenvalue weighted by Gasteiger charge is 2.24. The standard InChI is InChI=1S/C24H26N2O5S/c1-4-26(20-10-6-5-7-11-20)32(28,29)21-16-14-19(15-17-21)25-24(27)18(2)31-23-13-9-8-12-22(23)30-3/h5-18H,4H2,1-3H3,(H,25,27). The van der Waals surface area contributed by atoms with Crippen molar-refractivity contribution in [3.8, 4) is 11.5 Å². The van der Waals surface area contributed by atoms with E-state index < -0.39 is 16.1 Å². The molecule has 1 atom stereocenters. The van der Waals surface area contributed by atoms with E-state index in [9.17, 15) is 13.2 Å². The van der Waals surface area contributed by atoms with Crippen LogP contribution in [0, 0.1) is 0 Å². The fraction of sp³-hybridized carbons (Fsp3) is 0.208. The molecule has 0 heterocycles. The summed E-state index contributed by atoms with van der Waals surface area (Å²) < 4.78 is 38.4. The number of ether oxygens (including phenoxy) is 2. The third kappa shape index (κ3) is 5.20. The number of hydrogen-bond donors (Lipinski definition) is 1. The molecule has 0 saturated carbocycles. The highest BCUT2D eigenvalue weighted by atomic mass is 32.2. The molecule has 0 spiro atoms. The second kappa shape index (κ2) is 10.2. The van der Waals surface area contributed by atoms with Crippen molar-refractivity contribution in [2.45, 2.75) is 24.8 Å². The predicted octanol–water partition coefficient (Wildman–Crippen LogP) is 4.32. The number of anilines is 2. The molecule has 1 amide bonds. The molecule has 8 heteroatoms. The summed E-state index contributed by atoms with van der Waals surface area (Å²) in [7, 11) is -2.20. The Morgan fingerprint density at radius 1 is 0.938 bits per heavy atom. The van der Waals surface area contributed by atoms with Gasteiger partial charge in [-0.05, 0) is 62.4 Å². The number of para-hydroxylation sites is 3. The van der Waals surface area contributed by atoms with Crippen LogP contribution < -0.4 is 19.1 Å². The number of carbonyl (C=O) groups excluding carboxylic acids is 1. The van der Waals surface area contributed by atoms with Crippen LogP contribution in [0.1, 0.15) is 13.8 Å². The van der Waals surface area contributed by atoms with Crippen molar-refractivity contribution in [2.75, 3.05) is 23.3 Å². The van der Waals surface area contributed by atoms with Gasteiger partial charge in [0.15, 0.2) is 17.6 Å². The lowest BCUT2D eigenvalue weighted by molar-refractivity contribution is -0.122. The fourth-order valence-electron chi connectivity index (χ4n) is 3.13. The van der Waals surface area contributed by atoms with E-state index in [2.05, 4.69) is 5.32 Å². The van der Waals surface area contributed by atoms with Crippen molar-refractivity contribution < 1.29 is 22.7 Å². The largest absolute Gasteiger partial charge is 0.493 e. The summed E-state index contributed by atoms with van der Waals surface area (Å²) in [5.74, 6) is 0.617. The Morgan fingerprint density at radius 2 is 1.53 bits per heavy atom. The quantitative estimate of drug-likeness (QED) is 0.521. The van der Waals surface area contributed by atoms with Crippen LogP contribution in [0.2, 0.25) is 0 Å². The molecule has 0 aliphatic heterocycles. The van der Waals surface area contributed by atoms with E-state index in [-0.39, 0.29) is 10.8 Å². The van der Waals surface area contributed by atoms with Crippen LogP contribution in [-0.4, -0.2) is 34.1 Å². The number of carbonyl (C=O) groups is 1. The Morgan fingerprint density at radius 3 is 2.12 bits per heavy atom. The van der Waals surface area contributed by atoms with Gasteiger partial charge in [0, 0.05) is 12.2 Å². The first kappa shape index (κ1) is 23.1. The second-order valence-corrected chi connectivity index (χ2v) is 8.79. The molecule has 0 fully saturated rings. The first-order chi connectivity index (χ1) is 15.4. The maximum atomic E-state index is 13.1. The number of hydrogen-bond acceptors (Lipinski definition) is 5. The van der Waals surface area contributed by atoms with Gasteiger partial charge in [-0.15, -0.1) is 0 Å². The van der Waals surface area contributed by atoms with Gasteiger partial charge in [-0.3, -0.25) is 9.10 Å². The van der Waals surface area contributed by atoms with Gasteiger partial charge in [0.2, 0.25) is 0 Å². The molecular weight excluding hydrogens is 428 g/mol. The lowest BCUT2D eigenvalue weighted by Gasteiger charge is -2.23. The molecule has 0 aliphatic carbocycles. The Balaban J connectivity index is 1.70. The van der Waals surface area contributed by atoms with Gasteiger partial charge in [-0.1, -0.05) is 30.3 Å². The Bertz CT molecular complexity index is 1150. The minimum absolute atomic E-state index is 0.138. The number of nitrogens with one attached hydrogen (secondary N) is 1. The molecule has 1 unspecified atom stereocenters. The molecule has 168 valence electrons. The van der Waals surface area contributed by atoms with E-state index in [1.807, 2.05) is 12.1 Å². The summed E-state index contributed by atoms with van der Waals surface area (Å²) in [6.07, 6.45) is -0.789. The average molecular weight is 455 g/mol. The predicted molar refractivity (Wildman–Crippen MR) is 125 cm³/mol. The summed E-state index contributed by atoms with van der Waals surface area (Å²) in [6, 6.07) is 22.0. The van der Waals surface area contributed by atoms with Crippen LogP contribution >= 0.6 is 0 Å². The lowest BCUT2D eigenvalue weighted by atomic mass is 10.3. The van der Waals surface area contributed by atoms with E-state index >= 15 is 0 Å². The Hall–Kier alpha value is -3.52. The number of rotatable bonds is 9. The van der Waals surface area contributed by atoms with Gasteiger partial charge in [-0.25, -0.2) is 8.42 Å². The van der Waals surface area contributed by atoms with Crippen LogP contribution in [0.3, 0.4) is 0 Å². The number of nitrogens with zero attached hydrogens (tertiary/aromatic N) is 1. The SMILES string of the molecule is CCN(c1ccccc1)S(=O)(=O)c1ccc(NC(=O)C(C)Oc2ccccc2OC)cc1. The minimum atomic E-state index is -3.73. The molecule has 0 saturated heterocycles. The first-order valence-corrected chi connectivity index (χ1v) is 11.6. The van der Waals surface area contributed by atoms with Crippen molar-refractivity contribution in [1.82, 2.24) is 0 Å². The van der Waals surface area contributed by atoms with Crippen LogP contribution in [0.5, 0.6) is 11.5 Å². The van der Waals surface area contributed by atoms with Crippen LogP contribution in [0.4, 0.5) is 11.4 Å². The molecule has 0 bridgehead atoms. The fourth-order valence-corrected chi connectivity index (χ4v) is 4.60. The molecular formula is C24H26N2O5S. The van der Waals surface area contributed by atoms with E-state index in [0.717, 1.165) is 0 Å². The maximum Gasteiger partial charge on any atom is 0.265 e. The van der Waals surface area contributed by atoms with Gasteiger partial charge < -0.3 is 14.8 Å². The van der Waals surface area contributed by atoms with Gasteiger partial charge in [0.1, 0.15) is 0 Å². The molecule has 32 heavy (non-hydrogen) atoms. The summed E-state index contributed by atoms with van der Waals surface area (Å²) in [5, 5.41) is 2.74. The van der Waals surface area contributed by atoms with E-state index in [1.165, 1.54) is 23.5 Å². The maximum absolute atomic E-state index is 13.1. The molecule has 0 aromatic heterocycles. The van der Waals surface area contributed by atoms with Crippen LogP contribution in [0.25, 0.3) is 0 Å². The zero-order valence-corrected chi connectivity index (χ0v) is 19.0. The van der Waals surface area contributed by atoms with Crippen LogP contribution in [-0.2, 0) is 14.8 Å². The number of methoxy groups -OCH3 is 1. The molecule has 3 aromatic carbocycles. The third-order valence-corrected chi connectivity index (χ3v) is 6.70. The normalized spacial score (nSPS) is 12.0. The lowest BCUT2D eigenvalue weighted by Crippen LogP contribution is -2.31. The third-order valence-electron chi connectivity index (χ3n) is 4.78. The highest BCUT2D eigenvalue weighted by Crippen LogP contribution is 2.27. The first-order valence-electron chi connectivity index (χ1n) is 10.1. The van der Waals surface area contributed by atoms with E-state index in [0.29, 0.717) is 29.4 Å². The molecule has 0 radical (unpaired) electrons. The summed E-state index contributed by atoms with van der Waals surface area (Å²) in [5.41, 5.74) is 1.06. The topological polar surface area (TPSA) is 84.9 Å². The number of sulfonamides is 1. The van der Waals surface area contributed by atoms with Gasteiger partial charge in [-0.2, -0.15) is 0 Å². The van der Waals surface area contributed by atoms with Crippen molar-refractivity contribution in [3.05, 3.63) is 78.9 Å². The summed E-state index contributed by atoms with van der Waals surface area (Å²) >= 11 is 0. The molecule has 3 aromatic rings. The summed E-state index contributed by atoms with van der Waals surface area (Å²) in [6.45, 7) is 3.70. The Labute approximate surface area is 188 Å². The number of amides is 1. The zero-order valence-electron chi connectivity index (χ0n) is 18.2. The second-order valence-electron chi connectivity index (χ2n) is 6.93. The van der Waals surface area contributed by atoms with Gasteiger partial charge >= 0.3 is 0 Å². The highest BCUT2D eigenvalue weighted by molar-refractivity contribution is 7.92. The van der Waals surface area contributed by atoms with E-state index in [1.54, 1.807) is 68.4 Å². The van der Waals surface area contributed by atoms with Crippen molar-refractivity contribution in [2.24, 2.45) is 0 Å².